The molecule has 0 bridgehead atoms. The number of amides is 1. The number of carbonyl (C=O) groups is 2. The van der Waals surface area contributed by atoms with Crippen molar-refractivity contribution >= 4 is 38.8 Å². The highest BCUT2D eigenvalue weighted by atomic mass is 32.1. The lowest BCUT2D eigenvalue weighted by Gasteiger charge is -2.37. The Bertz CT molecular complexity index is 1630. The highest BCUT2D eigenvalue weighted by Gasteiger charge is 2.49. The Morgan fingerprint density at radius 3 is 2.38 bits per heavy atom. The number of rotatable bonds is 5. The molecule has 0 spiro atoms. The smallest absolute Gasteiger partial charge is 0.261 e. The maximum absolute atomic E-state index is 14.1. The molecule has 9 heteroatoms. The van der Waals surface area contributed by atoms with E-state index in [1.807, 2.05) is 49.4 Å². The lowest BCUT2D eigenvalue weighted by molar-refractivity contribution is -0.124. The van der Waals surface area contributed by atoms with Crippen molar-refractivity contribution in [2.24, 2.45) is 17.2 Å². The van der Waals surface area contributed by atoms with Crippen molar-refractivity contribution in [3.8, 4) is 11.5 Å². The summed E-state index contributed by atoms with van der Waals surface area (Å²) in [6.45, 7) is 1.90. The molecule has 1 fully saturated rings. The molecule has 8 nitrogen and oxygen atoms in total. The number of Topliss-reactive ketones (excluding diaryl/α,β-unsaturated/α-hetero) is 1. The number of nitrogens with two attached hydrogens (primary N) is 4. The van der Waals surface area contributed by atoms with Gasteiger partial charge in [-0.05, 0) is 79.6 Å². The first-order valence-corrected chi connectivity index (χ1v) is 14.3. The van der Waals surface area contributed by atoms with Crippen LogP contribution in [0.15, 0.2) is 60.7 Å². The number of nitrogen functional groups attached to an aromatic ring is 1. The van der Waals surface area contributed by atoms with Crippen LogP contribution < -0.4 is 33.0 Å². The van der Waals surface area contributed by atoms with E-state index in [9.17, 15) is 9.59 Å². The molecule has 3 aromatic carbocycles. The number of carbonyl (C=O) groups excluding carboxylic acids is 2. The zero-order valence-corrected chi connectivity index (χ0v) is 23.1. The average molecular weight is 556 g/mol. The largest absolute Gasteiger partial charge is 0.457 e. The summed E-state index contributed by atoms with van der Waals surface area (Å²) in [4.78, 5) is 28.1. The van der Waals surface area contributed by atoms with Crippen LogP contribution in [0.2, 0.25) is 0 Å². The van der Waals surface area contributed by atoms with Gasteiger partial charge in [0.2, 0.25) is 0 Å². The van der Waals surface area contributed by atoms with Gasteiger partial charge in [-0.15, -0.1) is 11.3 Å². The summed E-state index contributed by atoms with van der Waals surface area (Å²) in [5.41, 5.74) is 27.6. The second kappa shape index (κ2) is 10.0. The molecule has 2 atom stereocenters. The predicted octanol–water partition coefficient (Wildman–Crippen LogP) is 4.37. The molecule has 9 N–H and O–H groups in total. The highest BCUT2D eigenvalue weighted by Crippen LogP contribution is 2.50. The predicted molar refractivity (Wildman–Crippen MR) is 159 cm³/mol. The summed E-state index contributed by atoms with van der Waals surface area (Å²) in [6.07, 6.45) is 3.37. The van der Waals surface area contributed by atoms with Crippen LogP contribution in [-0.4, -0.2) is 23.8 Å². The average Bonchev–Trinajstić information content (AvgIpc) is 3.35. The lowest BCUT2D eigenvalue weighted by Crippen LogP contribution is -2.53. The molecule has 0 radical (unpaired) electrons. The topological polar surface area (TPSA) is 159 Å². The SMILES string of the molecule is Cc1cc(Oc2ccccc2)ccc1C1(N)C(=O)C(N)c2c(C(=O)NC3CCC(N)CC3)sc3c(N)ccc1c23. The number of hydrogen-bond donors (Lipinski definition) is 5. The first kappa shape index (κ1) is 26.5. The van der Waals surface area contributed by atoms with Crippen LogP contribution in [0.1, 0.15) is 63.7 Å². The van der Waals surface area contributed by atoms with Crippen LogP contribution in [0.4, 0.5) is 5.69 Å². The van der Waals surface area contributed by atoms with Crippen molar-refractivity contribution < 1.29 is 14.3 Å². The molecular formula is C31H33N5O3S. The van der Waals surface area contributed by atoms with Crippen molar-refractivity contribution in [2.75, 3.05) is 5.73 Å². The highest BCUT2D eigenvalue weighted by molar-refractivity contribution is 7.21. The molecule has 40 heavy (non-hydrogen) atoms. The second-order valence-corrected chi connectivity index (χ2v) is 11.9. The van der Waals surface area contributed by atoms with E-state index < -0.39 is 11.6 Å². The fraction of sp³-hybridized carbons (Fsp3) is 0.290. The van der Waals surface area contributed by atoms with Gasteiger partial charge >= 0.3 is 0 Å². The minimum absolute atomic E-state index is 0.0323. The Balaban J connectivity index is 1.42. The molecule has 0 saturated heterocycles. The van der Waals surface area contributed by atoms with Gasteiger partial charge < -0.3 is 33.0 Å². The van der Waals surface area contributed by atoms with Gasteiger partial charge in [0, 0.05) is 28.7 Å². The van der Waals surface area contributed by atoms with Gasteiger partial charge in [0.25, 0.3) is 5.91 Å². The maximum atomic E-state index is 14.1. The van der Waals surface area contributed by atoms with Crippen molar-refractivity contribution in [2.45, 2.75) is 56.3 Å². The number of nitrogens with one attached hydrogen (secondary N) is 1. The molecule has 1 heterocycles. The molecular weight excluding hydrogens is 522 g/mol. The van der Waals surface area contributed by atoms with Crippen LogP contribution in [-0.2, 0) is 10.3 Å². The quantitative estimate of drug-likeness (QED) is 0.229. The maximum Gasteiger partial charge on any atom is 0.261 e. The molecule has 0 aliphatic heterocycles. The number of ketones is 1. The van der Waals surface area contributed by atoms with Crippen molar-refractivity contribution in [3.63, 3.8) is 0 Å². The van der Waals surface area contributed by atoms with Crippen molar-refractivity contribution in [1.82, 2.24) is 5.32 Å². The van der Waals surface area contributed by atoms with Crippen LogP contribution >= 0.6 is 11.3 Å². The summed E-state index contributed by atoms with van der Waals surface area (Å²) in [5.74, 6) is 0.721. The third kappa shape index (κ3) is 4.26. The van der Waals surface area contributed by atoms with E-state index in [4.69, 9.17) is 27.7 Å². The number of anilines is 1. The Hall–Kier alpha value is -3.76. The molecule has 2 aliphatic carbocycles. The van der Waals surface area contributed by atoms with Gasteiger partial charge in [0.1, 0.15) is 17.0 Å². The molecule has 1 saturated carbocycles. The van der Waals surface area contributed by atoms with Gasteiger partial charge in [-0.3, -0.25) is 9.59 Å². The van der Waals surface area contributed by atoms with E-state index in [-0.39, 0.29) is 23.8 Å². The van der Waals surface area contributed by atoms with Crippen LogP contribution in [0.25, 0.3) is 10.1 Å². The standard InChI is InChI=1S/C31H33N5O3S/c1-16-15-20(39-19-5-3-2-4-6-19)11-12-21(16)31(35)22-13-14-23(33)27-24(22)25(26(34)29(31)37)28(40-27)30(38)36-18-9-7-17(32)8-10-18/h2-6,11-15,17-18,26H,7-10,32-35H2,1H3,(H,36,38). The fourth-order valence-electron chi connectivity index (χ4n) is 6.11. The molecule has 2 unspecified atom stereocenters. The first-order chi connectivity index (χ1) is 19.2. The van der Waals surface area contributed by atoms with Crippen molar-refractivity contribution in [3.05, 3.63) is 87.8 Å². The summed E-state index contributed by atoms with van der Waals surface area (Å²) in [7, 11) is 0. The normalized spacial score (nSPS) is 24.2. The summed E-state index contributed by atoms with van der Waals surface area (Å²) in [6, 6.07) is 17.6. The number of para-hydroxylation sites is 1. The van der Waals surface area contributed by atoms with Gasteiger partial charge in [-0.2, -0.15) is 0 Å². The number of benzene rings is 3. The molecule has 2 aliphatic rings. The lowest BCUT2D eigenvalue weighted by atomic mass is 9.69. The van der Waals surface area contributed by atoms with E-state index in [0.29, 0.717) is 48.8 Å². The monoisotopic (exact) mass is 555 g/mol. The minimum atomic E-state index is -1.53. The summed E-state index contributed by atoms with van der Waals surface area (Å²) < 4.78 is 6.70. The van der Waals surface area contributed by atoms with E-state index in [2.05, 4.69) is 5.32 Å². The van der Waals surface area contributed by atoms with E-state index >= 15 is 0 Å². The van der Waals surface area contributed by atoms with Crippen LogP contribution in [0, 0.1) is 6.92 Å². The Kier molecular flexibility index (Phi) is 6.62. The third-order valence-electron chi connectivity index (χ3n) is 8.23. The Morgan fingerprint density at radius 2 is 1.68 bits per heavy atom. The molecule has 1 amide bonds. The number of hydrogen-bond acceptors (Lipinski definition) is 8. The zero-order chi connectivity index (χ0) is 28.2. The van der Waals surface area contributed by atoms with E-state index in [1.54, 1.807) is 18.2 Å². The van der Waals surface area contributed by atoms with Crippen molar-refractivity contribution in [1.29, 1.82) is 0 Å². The van der Waals surface area contributed by atoms with E-state index in [1.165, 1.54) is 11.3 Å². The summed E-state index contributed by atoms with van der Waals surface area (Å²) in [5, 5.41) is 3.83. The number of thiophene rings is 1. The Labute approximate surface area is 236 Å². The summed E-state index contributed by atoms with van der Waals surface area (Å²) >= 11 is 1.27. The van der Waals surface area contributed by atoms with Gasteiger partial charge in [-0.25, -0.2) is 0 Å². The number of aryl methyl sites for hydroxylation is 1. The van der Waals surface area contributed by atoms with Gasteiger partial charge in [0.15, 0.2) is 5.78 Å². The fourth-order valence-corrected chi connectivity index (χ4v) is 7.31. The number of ether oxygens (including phenoxy) is 1. The first-order valence-electron chi connectivity index (χ1n) is 13.5. The minimum Gasteiger partial charge on any atom is -0.457 e. The zero-order valence-electron chi connectivity index (χ0n) is 22.3. The van der Waals surface area contributed by atoms with E-state index in [0.717, 1.165) is 31.2 Å². The van der Waals surface area contributed by atoms with Gasteiger partial charge in [-0.1, -0.05) is 30.3 Å². The van der Waals surface area contributed by atoms with Crippen LogP contribution in [0.5, 0.6) is 11.5 Å². The molecule has 1 aromatic heterocycles. The van der Waals surface area contributed by atoms with Crippen LogP contribution in [0.3, 0.4) is 0 Å². The molecule has 6 rings (SSSR count). The molecule has 4 aromatic rings. The second-order valence-electron chi connectivity index (χ2n) is 10.9. The third-order valence-corrected chi connectivity index (χ3v) is 9.48. The van der Waals surface area contributed by atoms with Gasteiger partial charge in [0.05, 0.1) is 15.6 Å². The Morgan fingerprint density at radius 1 is 0.975 bits per heavy atom. The molecule has 206 valence electrons.